The summed E-state index contributed by atoms with van der Waals surface area (Å²) in [5, 5.41) is 10.1. The molecule has 0 radical (unpaired) electrons. The molecule has 1 unspecified atom stereocenters. The summed E-state index contributed by atoms with van der Waals surface area (Å²) in [5.74, 6) is 2.60. The van der Waals surface area contributed by atoms with Gasteiger partial charge in [-0.1, -0.05) is 68.0 Å². The van der Waals surface area contributed by atoms with Gasteiger partial charge in [-0.15, -0.1) is 0 Å². The first-order valence-corrected chi connectivity index (χ1v) is 10.7. The molecule has 0 aliphatic heterocycles. The predicted molar refractivity (Wildman–Crippen MR) is 113 cm³/mol. The van der Waals surface area contributed by atoms with Crippen molar-refractivity contribution in [3.63, 3.8) is 0 Å². The summed E-state index contributed by atoms with van der Waals surface area (Å²) in [7, 11) is 0. The van der Waals surface area contributed by atoms with Gasteiger partial charge in [0.25, 0.3) is 0 Å². The Labute approximate surface area is 164 Å². The Morgan fingerprint density at radius 1 is 1.11 bits per heavy atom. The van der Waals surface area contributed by atoms with Crippen molar-refractivity contribution in [2.75, 3.05) is 0 Å². The first kappa shape index (κ1) is 18.3. The van der Waals surface area contributed by atoms with Crippen LogP contribution in [0.15, 0.2) is 66.7 Å². The van der Waals surface area contributed by atoms with Gasteiger partial charge in [0.2, 0.25) is 0 Å². The minimum Gasteiger partial charge on any atom is -0.508 e. The maximum absolute atomic E-state index is 10.1. The van der Waals surface area contributed by atoms with Gasteiger partial charge < -0.3 is 5.11 Å². The second-order valence-corrected chi connectivity index (χ2v) is 8.61. The number of hydrogen-bond donors (Lipinski definition) is 1. The van der Waals surface area contributed by atoms with Crippen LogP contribution in [-0.2, 0) is 11.8 Å². The third kappa shape index (κ3) is 3.57. The predicted octanol–water partition coefficient (Wildman–Crippen LogP) is 6.67. The van der Waals surface area contributed by atoms with E-state index in [0.717, 1.165) is 18.3 Å². The van der Waals surface area contributed by atoms with Crippen LogP contribution in [0.4, 0.5) is 0 Å². The lowest BCUT2D eigenvalue weighted by Crippen LogP contribution is -2.35. The van der Waals surface area contributed by atoms with Crippen LogP contribution in [0.3, 0.4) is 0 Å². The first-order chi connectivity index (χ1) is 13.2. The van der Waals surface area contributed by atoms with Crippen molar-refractivity contribution >= 4 is 0 Å². The normalized spacial score (nSPS) is 30.0. The molecule has 0 saturated heterocycles. The molecule has 2 fully saturated rings. The number of aryl methyl sites for hydroxylation is 1. The number of phenols is 1. The lowest BCUT2D eigenvalue weighted by Gasteiger charge is -2.40. The molecule has 2 aromatic carbocycles. The Morgan fingerprint density at radius 3 is 2.74 bits per heavy atom. The van der Waals surface area contributed by atoms with E-state index in [1.807, 2.05) is 12.1 Å². The molecule has 2 bridgehead atoms. The number of fused-ring (bicyclic) bond motifs is 2. The fraction of sp³-hybridized carbons (Fsp3) is 0.462. The maximum atomic E-state index is 10.1. The molecule has 27 heavy (non-hydrogen) atoms. The van der Waals surface area contributed by atoms with Crippen LogP contribution in [0.5, 0.6) is 5.75 Å². The first-order valence-electron chi connectivity index (χ1n) is 10.7. The van der Waals surface area contributed by atoms with E-state index < -0.39 is 0 Å². The van der Waals surface area contributed by atoms with Crippen molar-refractivity contribution in [1.82, 2.24) is 0 Å². The summed E-state index contributed by atoms with van der Waals surface area (Å²) >= 11 is 0. The van der Waals surface area contributed by atoms with Crippen LogP contribution < -0.4 is 0 Å². The van der Waals surface area contributed by atoms with E-state index >= 15 is 0 Å². The number of rotatable bonds is 6. The Hall–Kier alpha value is -2.02. The summed E-state index contributed by atoms with van der Waals surface area (Å²) in [6, 6.07) is 19.1. The van der Waals surface area contributed by atoms with Crippen molar-refractivity contribution < 1.29 is 5.11 Å². The van der Waals surface area contributed by atoms with E-state index in [2.05, 4.69) is 55.5 Å². The number of hydrogen-bond acceptors (Lipinski definition) is 1. The van der Waals surface area contributed by atoms with Gasteiger partial charge in [0, 0.05) is 5.41 Å². The molecule has 2 saturated carbocycles. The molecular weight excluding hydrogens is 328 g/mol. The molecule has 0 heterocycles. The van der Waals surface area contributed by atoms with Crippen molar-refractivity contribution in [3.05, 3.63) is 77.9 Å². The third-order valence-corrected chi connectivity index (χ3v) is 7.14. The highest BCUT2D eigenvalue weighted by molar-refractivity contribution is 5.37. The summed E-state index contributed by atoms with van der Waals surface area (Å²) in [5.41, 5.74) is 3.04. The quantitative estimate of drug-likeness (QED) is 0.571. The molecule has 1 heteroatoms. The van der Waals surface area contributed by atoms with Crippen LogP contribution in [0, 0.1) is 17.8 Å². The molecule has 1 N–H and O–H groups in total. The van der Waals surface area contributed by atoms with Crippen LogP contribution in [-0.4, -0.2) is 5.11 Å². The molecule has 0 spiro atoms. The molecule has 2 aromatic rings. The van der Waals surface area contributed by atoms with Crippen molar-refractivity contribution in [3.8, 4) is 5.75 Å². The van der Waals surface area contributed by atoms with E-state index in [0.29, 0.717) is 11.7 Å². The zero-order chi connectivity index (χ0) is 18.7. The molecule has 2 aliphatic rings. The fourth-order valence-corrected chi connectivity index (χ4v) is 5.99. The summed E-state index contributed by atoms with van der Waals surface area (Å²) in [6.07, 6.45) is 13.7. The minimum atomic E-state index is 0.217. The van der Waals surface area contributed by atoms with E-state index in [9.17, 15) is 5.11 Å². The SMILES string of the molecule is CC/C=C\[C@@H]1[C@@H]2CCC[C@@]1(c1cccc(O)c1)CC2CCc1ccccc1. The monoisotopic (exact) mass is 360 g/mol. The topological polar surface area (TPSA) is 20.2 Å². The van der Waals surface area contributed by atoms with Gasteiger partial charge in [-0.3, -0.25) is 0 Å². The lowest BCUT2D eigenvalue weighted by atomic mass is 9.63. The average Bonchev–Trinajstić information content (AvgIpc) is 2.86. The van der Waals surface area contributed by atoms with Crippen molar-refractivity contribution in [2.45, 2.75) is 57.3 Å². The molecule has 1 nitrogen and oxygen atoms in total. The van der Waals surface area contributed by atoms with E-state index in [-0.39, 0.29) is 5.41 Å². The van der Waals surface area contributed by atoms with E-state index in [4.69, 9.17) is 0 Å². The highest BCUT2D eigenvalue weighted by Crippen LogP contribution is 2.61. The number of aromatic hydroxyl groups is 1. The highest BCUT2D eigenvalue weighted by Gasteiger charge is 2.54. The zero-order valence-corrected chi connectivity index (χ0v) is 16.5. The molecule has 4 rings (SSSR count). The fourth-order valence-electron chi connectivity index (χ4n) is 5.99. The van der Waals surface area contributed by atoms with Gasteiger partial charge in [-0.2, -0.15) is 0 Å². The summed E-state index contributed by atoms with van der Waals surface area (Å²) in [6.45, 7) is 2.23. The third-order valence-electron chi connectivity index (χ3n) is 7.14. The van der Waals surface area contributed by atoms with Crippen LogP contribution in [0.1, 0.15) is 56.6 Å². The van der Waals surface area contributed by atoms with Crippen LogP contribution in [0.25, 0.3) is 0 Å². The van der Waals surface area contributed by atoms with Gasteiger partial charge >= 0.3 is 0 Å². The second-order valence-electron chi connectivity index (χ2n) is 8.61. The molecule has 2 aliphatic carbocycles. The smallest absolute Gasteiger partial charge is 0.115 e. The Kier molecular flexibility index (Phi) is 5.38. The van der Waals surface area contributed by atoms with Crippen LogP contribution >= 0.6 is 0 Å². The highest BCUT2D eigenvalue weighted by atomic mass is 16.3. The maximum Gasteiger partial charge on any atom is 0.115 e. The number of benzene rings is 2. The van der Waals surface area contributed by atoms with Gasteiger partial charge in [-0.05, 0) is 79.5 Å². The van der Waals surface area contributed by atoms with E-state index in [1.54, 1.807) is 6.07 Å². The minimum absolute atomic E-state index is 0.217. The summed E-state index contributed by atoms with van der Waals surface area (Å²) < 4.78 is 0. The van der Waals surface area contributed by atoms with Gasteiger partial charge in [-0.25, -0.2) is 0 Å². The Balaban J connectivity index is 1.63. The molecule has 0 amide bonds. The Morgan fingerprint density at radius 2 is 1.96 bits per heavy atom. The number of allylic oxidation sites excluding steroid dienone is 2. The van der Waals surface area contributed by atoms with Crippen molar-refractivity contribution in [2.24, 2.45) is 17.8 Å². The van der Waals surface area contributed by atoms with Crippen LogP contribution in [0.2, 0.25) is 0 Å². The molecule has 0 aromatic heterocycles. The lowest BCUT2D eigenvalue weighted by molar-refractivity contribution is 0.217. The van der Waals surface area contributed by atoms with Gasteiger partial charge in [0.05, 0.1) is 0 Å². The van der Waals surface area contributed by atoms with Gasteiger partial charge in [0.1, 0.15) is 5.75 Å². The largest absolute Gasteiger partial charge is 0.508 e. The molecule has 142 valence electrons. The zero-order valence-electron chi connectivity index (χ0n) is 16.5. The van der Waals surface area contributed by atoms with E-state index in [1.165, 1.54) is 49.7 Å². The standard InChI is InChI=1S/C26H32O/c1-2-3-14-25-24-13-8-17-26(25,22-11-7-12-23(27)18-22)19-21(24)16-15-20-9-5-4-6-10-20/h3-7,9-12,14,18,21,24-25,27H,2,8,13,15-17,19H2,1H3/b14-3-/t21?,24-,25-,26+/m1/s1. The molecule has 4 atom stereocenters. The van der Waals surface area contributed by atoms with Gasteiger partial charge in [0.15, 0.2) is 0 Å². The Bertz CT molecular complexity index is 778. The number of phenolic OH excluding ortho intramolecular Hbond substituents is 1. The molecular formula is C26H32O. The second kappa shape index (κ2) is 7.92. The average molecular weight is 361 g/mol. The van der Waals surface area contributed by atoms with Crippen molar-refractivity contribution in [1.29, 1.82) is 0 Å². The summed E-state index contributed by atoms with van der Waals surface area (Å²) in [4.78, 5) is 0.